The molecule has 9 nitrogen and oxygen atoms in total. The van der Waals surface area contributed by atoms with Gasteiger partial charge in [0, 0.05) is 31.3 Å². The van der Waals surface area contributed by atoms with E-state index < -0.39 is 27.7 Å². The van der Waals surface area contributed by atoms with Crippen molar-refractivity contribution in [3.05, 3.63) is 58.9 Å². The van der Waals surface area contributed by atoms with Crippen LogP contribution < -0.4 is 9.46 Å². The molecule has 0 bridgehead atoms. The smallest absolute Gasteiger partial charge is 0.238 e. The highest BCUT2D eigenvalue weighted by molar-refractivity contribution is 7.90. The van der Waals surface area contributed by atoms with Crippen molar-refractivity contribution in [2.24, 2.45) is 0 Å². The average Bonchev–Trinajstić information content (AvgIpc) is 3.33. The first-order valence-electron chi connectivity index (χ1n) is 11.9. The average molecular weight is 540 g/mol. The highest BCUT2D eigenvalue weighted by atomic mass is 32.2. The van der Waals surface area contributed by atoms with Crippen LogP contribution >= 0.6 is 11.3 Å². The Morgan fingerprint density at radius 3 is 2.70 bits per heavy atom. The molecule has 0 saturated carbocycles. The van der Waals surface area contributed by atoms with Crippen LogP contribution in [0, 0.1) is 6.57 Å². The number of hydrogen-bond acceptors (Lipinski definition) is 7. The molecule has 194 valence electrons. The Morgan fingerprint density at radius 2 is 2.00 bits per heavy atom. The van der Waals surface area contributed by atoms with Crippen LogP contribution in [-0.4, -0.2) is 55.4 Å². The number of hydrogen-bond donors (Lipinski definition) is 1. The molecule has 1 atom stereocenters. The molecule has 0 saturated heterocycles. The Labute approximate surface area is 221 Å². The molecule has 1 aromatic heterocycles. The SMILES string of the molecule is [C-]#[N+]c1cc(-c2nnc(-c3cccc4c3CCC[C@H]4NS(=O)(=O)CC(=O)N(C)C)s2)ccc1OC(C)C. The molecule has 1 heterocycles. The van der Waals surface area contributed by atoms with Crippen LogP contribution in [-0.2, 0) is 21.2 Å². The second kappa shape index (κ2) is 11.0. The number of sulfonamides is 1. The van der Waals surface area contributed by atoms with Crippen LogP contribution in [0.4, 0.5) is 5.69 Å². The molecular formula is C26H29N5O4S2. The molecule has 1 amide bonds. The van der Waals surface area contributed by atoms with Crippen LogP contribution in [0.15, 0.2) is 36.4 Å². The summed E-state index contributed by atoms with van der Waals surface area (Å²) in [5, 5.41) is 10.2. The Kier molecular flexibility index (Phi) is 7.92. The fourth-order valence-electron chi connectivity index (χ4n) is 4.26. The summed E-state index contributed by atoms with van der Waals surface area (Å²) in [6.07, 6.45) is 2.21. The van der Waals surface area contributed by atoms with E-state index in [0.717, 1.165) is 40.1 Å². The van der Waals surface area contributed by atoms with Crippen LogP contribution in [0.25, 0.3) is 26.0 Å². The van der Waals surface area contributed by atoms with Crippen molar-refractivity contribution in [2.75, 3.05) is 19.8 Å². The van der Waals surface area contributed by atoms with Gasteiger partial charge in [-0.2, -0.15) is 0 Å². The Balaban J connectivity index is 1.62. The van der Waals surface area contributed by atoms with Crippen LogP contribution in [0.5, 0.6) is 5.75 Å². The molecular weight excluding hydrogens is 510 g/mol. The number of nitrogens with one attached hydrogen (secondary N) is 1. The maximum Gasteiger partial charge on any atom is 0.238 e. The quantitative estimate of drug-likeness (QED) is 0.420. The van der Waals surface area contributed by atoms with Crippen molar-refractivity contribution >= 4 is 33.0 Å². The lowest BCUT2D eigenvalue weighted by Crippen LogP contribution is -2.38. The first-order valence-corrected chi connectivity index (χ1v) is 14.4. The maximum atomic E-state index is 12.7. The van der Waals surface area contributed by atoms with E-state index in [4.69, 9.17) is 11.3 Å². The monoisotopic (exact) mass is 539 g/mol. The number of aromatic nitrogens is 2. The number of nitrogens with zero attached hydrogens (tertiary/aromatic N) is 4. The summed E-state index contributed by atoms with van der Waals surface area (Å²) in [6.45, 7) is 11.3. The normalized spacial score (nSPS) is 15.2. The zero-order valence-corrected chi connectivity index (χ0v) is 22.8. The fraction of sp³-hybridized carbons (Fsp3) is 0.385. The van der Waals surface area contributed by atoms with Crippen molar-refractivity contribution < 1.29 is 17.9 Å². The van der Waals surface area contributed by atoms with Gasteiger partial charge in [-0.1, -0.05) is 35.6 Å². The van der Waals surface area contributed by atoms with E-state index >= 15 is 0 Å². The number of amides is 1. The van der Waals surface area contributed by atoms with Gasteiger partial charge in [-0.15, -0.1) is 10.2 Å². The van der Waals surface area contributed by atoms with E-state index in [1.807, 2.05) is 38.1 Å². The molecule has 37 heavy (non-hydrogen) atoms. The lowest BCUT2D eigenvalue weighted by atomic mass is 9.85. The standard InChI is InChI=1S/C26H29N5O4S2/c1-16(2)35-23-13-12-17(14-22(23)27-3)25-28-29-26(36-25)20-10-6-9-19-18(20)8-7-11-21(19)30-37(33,34)15-24(32)31(4)5/h6,9-10,12-14,16,21,30H,7-8,11,15H2,1-2,4-5H3/t21-/m1/s1. The molecule has 1 aliphatic carbocycles. The third-order valence-electron chi connectivity index (χ3n) is 5.99. The summed E-state index contributed by atoms with van der Waals surface area (Å²) in [5.41, 5.74) is 4.05. The molecule has 3 aromatic rings. The van der Waals surface area contributed by atoms with Gasteiger partial charge in [0.1, 0.15) is 21.5 Å². The first kappa shape index (κ1) is 26.7. The molecule has 2 aromatic carbocycles. The summed E-state index contributed by atoms with van der Waals surface area (Å²) >= 11 is 1.42. The molecule has 0 spiro atoms. The number of fused-ring (bicyclic) bond motifs is 1. The third-order valence-corrected chi connectivity index (χ3v) is 8.26. The summed E-state index contributed by atoms with van der Waals surface area (Å²) < 4.78 is 33.8. The lowest BCUT2D eigenvalue weighted by Gasteiger charge is -2.27. The summed E-state index contributed by atoms with van der Waals surface area (Å²) in [7, 11) is -0.728. The highest BCUT2D eigenvalue weighted by Gasteiger charge is 2.28. The molecule has 0 fully saturated rings. The fourth-order valence-corrected chi connectivity index (χ4v) is 6.50. The largest absolute Gasteiger partial charge is 0.502 e. The number of ether oxygens (including phenoxy) is 1. The van der Waals surface area contributed by atoms with Gasteiger partial charge in [0.15, 0.2) is 0 Å². The van der Waals surface area contributed by atoms with E-state index in [1.165, 1.54) is 30.3 Å². The van der Waals surface area contributed by atoms with Crippen molar-refractivity contribution in [2.45, 2.75) is 45.3 Å². The zero-order chi connectivity index (χ0) is 26.7. The topological polar surface area (TPSA) is 106 Å². The number of carbonyl (C=O) groups excluding carboxylic acids is 1. The lowest BCUT2D eigenvalue weighted by molar-refractivity contribution is -0.125. The van der Waals surface area contributed by atoms with E-state index in [1.54, 1.807) is 12.1 Å². The van der Waals surface area contributed by atoms with Crippen molar-refractivity contribution in [3.63, 3.8) is 0 Å². The minimum absolute atomic E-state index is 0.0366. The molecule has 0 radical (unpaired) electrons. The molecule has 0 aliphatic heterocycles. The first-order chi connectivity index (χ1) is 17.6. The number of carbonyl (C=O) groups is 1. The van der Waals surface area contributed by atoms with Gasteiger partial charge in [0.25, 0.3) is 0 Å². The van der Waals surface area contributed by atoms with Gasteiger partial charge in [-0.25, -0.2) is 18.0 Å². The van der Waals surface area contributed by atoms with Crippen molar-refractivity contribution in [1.29, 1.82) is 0 Å². The van der Waals surface area contributed by atoms with Crippen LogP contribution in [0.3, 0.4) is 0 Å². The van der Waals surface area contributed by atoms with Gasteiger partial charge in [-0.3, -0.25) is 4.79 Å². The second-order valence-electron chi connectivity index (χ2n) is 9.36. The predicted octanol–water partition coefficient (Wildman–Crippen LogP) is 4.60. The van der Waals surface area contributed by atoms with Gasteiger partial charge in [-0.05, 0) is 56.4 Å². The van der Waals surface area contributed by atoms with E-state index in [0.29, 0.717) is 22.9 Å². The van der Waals surface area contributed by atoms with E-state index in [9.17, 15) is 13.2 Å². The minimum Gasteiger partial charge on any atom is -0.502 e. The molecule has 1 N–H and O–H groups in total. The van der Waals surface area contributed by atoms with Crippen molar-refractivity contribution in [1.82, 2.24) is 19.8 Å². The third kappa shape index (κ3) is 6.15. The van der Waals surface area contributed by atoms with Gasteiger partial charge in [0.2, 0.25) is 21.6 Å². The molecule has 4 rings (SSSR count). The predicted molar refractivity (Wildman–Crippen MR) is 144 cm³/mol. The zero-order valence-electron chi connectivity index (χ0n) is 21.2. The van der Waals surface area contributed by atoms with Gasteiger partial charge < -0.3 is 9.64 Å². The molecule has 11 heteroatoms. The summed E-state index contributed by atoms with van der Waals surface area (Å²) in [4.78, 5) is 16.8. The Bertz CT molecular complexity index is 1460. The van der Waals surface area contributed by atoms with Crippen LogP contribution in [0.1, 0.15) is 43.9 Å². The van der Waals surface area contributed by atoms with Crippen molar-refractivity contribution in [3.8, 4) is 26.9 Å². The Hall–Kier alpha value is -3.33. The second-order valence-corrected chi connectivity index (χ2v) is 12.1. The van der Waals surface area contributed by atoms with Gasteiger partial charge >= 0.3 is 0 Å². The van der Waals surface area contributed by atoms with E-state index in [-0.39, 0.29) is 6.10 Å². The highest BCUT2D eigenvalue weighted by Crippen LogP contribution is 2.40. The van der Waals surface area contributed by atoms with Gasteiger partial charge in [0.05, 0.1) is 12.7 Å². The maximum absolute atomic E-state index is 12.7. The minimum atomic E-state index is -3.80. The van der Waals surface area contributed by atoms with Crippen LogP contribution in [0.2, 0.25) is 0 Å². The molecule has 0 unspecified atom stereocenters. The number of benzene rings is 2. The molecule has 1 aliphatic rings. The summed E-state index contributed by atoms with van der Waals surface area (Å²) in [5.74, 6) is -0.515. The van der Waals surface area contributed by atoms with E-state index in [2.05, 4.69) is 19.8 Å². The Morgan fingerprint density at radius 1 is 1.24 bits per heavy atom. The summed E-state index contributed by atoms with van der Waals surface area (Å²) in [6, 6.07) is 10.8. The number of rotatable bonds is 8.